The predicted molar refractivity (Wildman–Crippen MR) is 78.5 cm³/mol. The number of imidazole rings is 1. The Hall–Kier alpha value is -2.55. The highest BCUT2D eigenvalue weighted by Crippen LogP contribution is 2.17. The Morgan fingerprint density at radius 3 is 2.58 bits per heavy atom. The monoisotopic (exact) mass is 249 g/mol. The van der Waals surface area contributed by atoms with Crippen molar-refractivity contribution in [1.29, 1.82) is 0 Å². The second-order valence-corrected chi connectivity index (χ2v) is 4.36. The Morgan fingerprint density at radius 1 is 1.05 bits per heavy atom. The van der Waals surface area contributed by atoms with E-state index in [4.69, 9.17) is 0 Å². The zero-order chi connectivity index (χ0) is 13.1. The third kappa shape index (κ3) is 2.22. The zero-order valence-electron chi connectivity index (χ0n) is 10.5. The lowest BCUT2D eigenvalue weighted by Gasteiger charge is -2.17. The van der Waals surface area contributed by atoms with Crippen LogP contribution in [0.1, 0.15) is 11.6 Å². The number of benzene rings is 2. The molecule has 3 heteroatoms. The molecule has 0 saturated heterocycles. The molecule has 1 heterocycles. The maximum Gasteiger partial charge on any atom is 0.115 e. The topological polar surface area (TPSA) is 29.9 Å². The first-order chi connectivity index (χ1) is 9.38. The fourth-order valence-corrected chi connectivity index (χ4v) is 2.14. The van der Waals surface area contributed by atoms with E-state index in [9.17, 15) is 0 Å². The van der Waals surface area contributed by atoms with E-state index in [-0.39, 0.29) is 6.04 Å². The number of aromatic nitrogens is 2. The van der Waals surface area contributed by atoms with Crippen LogP contribution in [0.3, 0.4) is 0 Å². The molecule has 0 bridgehead atoms. The normalized spacial score (nSPS) is 12.2. The van der Waals surface area contributed by atoms with Crippen LogP contribution in [-0.2, 0) is 0 Å². The van der Waals surface area contributed by atoms with Crippen molar-refractivity contribution in [1.82, 2.24) is 9.66 Å². The van der Waals surface area contributed by atoms with Gasteiger partial charge in [-0.1, -0.05) is 48.5 Å². The summed E-state index contributed by atoms with van der Waals surface area (Å²) in [5.74, 6) is 0. The van der Waals surface area contributed by atoms with Gasteiger partial charge in [-0.15, -0.1) is 6.58 Å². The van der Waals surface area contributed by atoms with Gasteiger partial charge in [0.1, 0.15) is 6.33 Å². The van der Waals surface area contributed by atoms with Gasteiger partial charge in [0.25, 0.3) is 0 Å². The first kappa shape index (κ1) is 11.5. The average molecular weight is 249 g/mol. The number of nitrogens with zero attached hydrogens (tertiary/aromatic N) is 2. The van der Waals surface area contributed by atoms with Crippen molar-refractivity contribution < 1.29 is 0 Å². The second-order valence-electron chi connectivity index (χ2n) is 4.36. The standard InChI is InChI=1S/C16H15N3/c1-2-14(13-8-4-3-5-9-13)18-19-12-17-15-10-6-7-11-16(15)19/h2-12,14,18H,1H2. The molecule has 0 aliphatic heterocycles. The summed E-state index contributed by atoms with van der Waals surface area (Å²) in [6.07, 6.45) is 3.69. The Bertz CT molecular complexity index is 685. The van der Waals surface area contributed by atoms with E-state index in [1.165, 1.54) is 5.56 Å². The van der Waals surface area contributed by atoms with Crippen LogP contribution in [0.25, 0.3) is 11.0 Å². The van der Waals surface area contributed by atoms with E-state index in [1.807, 2.05) is 53.2 Å². The Kier molecular flexibility index (Phi) is 3.02. The van der Waals surface area contributed by atoms with Gasteiger partial charge in [0.15, 0.2) is 0 Å². The molecule has 0 saturated carbocycles. The van der Waals surface area contributed by atoms with Gasteiger partial charge in [-0.2, -0.15) is 0 Å². The highest BCUT2D eigenvalue weighted by molar-refractivity contribution is 5.75. The molecule has 3 aromatic rings. The van der Waals surface area contributed by atoms with Gasteiger partial charge in [-0.25, -0.2) is 9.66 Å². The minimum Gasteiger partial charge on any atom is -0.313 e. The molecule has 94 valence electrons. The van der Waals surface area contributed by atoms with Crippen LogP contribution in [-0.4, -0.2) is 9.66 Å². The Labute approximate surface area is 112 Å². The van der Waals surface area contributed by atoms with Gasteiger partial charge >= 0.3 is 0 Å². The summed E-state index contributed by atoms with van der Waals surface area (Å²) in [7, 11) is 0. The summed E-state index contributed by atoms with van der Waals surface area (Å²) in [6.45, 7) is 3.90. The van der Waals surface area contributed by atoms with Gasteiger partial charge in [0, 0.05) is 0 Å². The smallest absolute Gasteiger partial charge is 0.115 e. The van der Waals surface area contributed by atoms with E-state index in [2.05, 4.69) is 29.1 Å². The largest absolute Gasteiger partial charge is 0.313 e. The molecule has 3 rings (SSSR count). The third-order valence-electron chi connectivity index (χ3n) is 3.13. The van der Waals surface area contributed by atoms with Crippen molar-refractivity contribution in [2.75, 3.05) is 5.43 Å². The molecule has 3 nitrogen and oxygen atoms in total. The number of hydrogen-bond donors (Lipinski definition) is 1. The van der Waals surface area contributed by atoms with Gasteiger partial charge in [0.05, 0.1) is 17.1 Å². The number of hydrogen-bond acceptors (Lipinski definition) is 2. The zero-order valence-corrected chi connectivity index (χ0v) is 10.5. The molecule has 19 heavy (non-hydrogen) atoms. The van der Waals surface area contributed by atoms with Crippen molar-refractivity contribution in [3.8, 4) is 0 Å². The van der Waals surface area contributed by atoms with Crippen molar-refractivity contribution in [2.24, 2.45) is 0 Å². The summed E-state index contributed by atoms with van der Waals surface area (Å²) >= 11 is 0. The van der Waals surface area contributed by atoms with Gasteiger partial charge < -0.3 is 5.43 Å². The number of nitrogens with one attached hydrogen (secondary N) is 1. The number of rotatable bonds is 4. The van der Waals surface area contributed by atoms with Crippen LogP contribution >= 0.6 is 0 Å². The molecule has 1 N–H and O–H groups in total. The molecule has 1 atom stereocenters. The van der Waals surface area contributed by atoms with E-state index in [0.717, 1.165) is 11.0 Å². The molecule has 1 unspecified atom stereocenters. The lowest BCUT2D eigenvalue weighted by molar-refractivity contribution is 0.792. The minimum absolute atomic E-state index is 0.0545. The van der Waals surface area contributed by atoms with Crippen LogP contribution in [0.4, 0.5) is 0 Å². The van der Waals surface area contributed by atoms with Crippen LogP contribution in [0, 0.1) is 0 Å². The van der Waals surface area contributed by atoms with Crippen LogP contribution in [0.5, 0.6) is 0 Å². The third-order valence-corrected chi connectivity index (χ3v) is 3.13. The highest BCUT2D eigenvalue weighted by Gasteiger charge is 2.08. The molecular weight excluding hydrogens is 234 g/mol. The predicted octanol–water partition coefficient (Wildman–Crippen LogP) is 3.51. The number of para-hydroxylation sites is 2. The molecule has 1 aromatic heterocycles. The quantitative estimate of drug-likeness (QED) is 0.717. The molecule has 0 aliphatic rings. The summed E-state index contributed by atoms with van der Waals surface area (Å²) in [5, 5.41) is 0. The van der Waals surface area contributed by atoms with Crippen LogP contribution in [0.2, 0.25) is 0 Å². The van der Waals surface area contributed by atoms with E-state index < -0.39 is 0 Å². The van der Waals surface area contributed by atoms with Gasteiger partial charge in [-0.3, -0.25) is 0 Å². The lowest BCUT2D eigenvalue weighted by Crippen LogP contribution is -2.18. The number of fused-ring (bicyclic) bond motifs is 1. The van der Waals surface area contributed by atoms with Crippen molar-refractivity contribution in [3.63, 3.8) is 0 Å². The fraction of sp³-hybridized carbons (Fsp3) is 0.0625. The molecule has 0 spiro atoms. The molecule has 2 aromatic carbocycles. The molecule has 0 aliphatic carbocycles. The molecule has 0 radical (unpaired) electrons. The summed E-state index contributed by atoms with van der Waals surface area (Å²) in [6, 6.07) is 18.3. The maximum absolute atomic E-state index is 4.37. The highest BCUT2D eigenvalue weighted by atomic mass is 15.4. The molecular formula is C16H15N3. The lowest BCUT2D eigenvalue weighted by atomic mass is 10.1. The SMILES string of the molecule is C=CC(Nn1cnc2ccccc21)c1ccccc1. The van der Waals surface area contributed by atoms with Crippen molar-refractivity contribution in [3.05, 3.63) is 79.1 Å². The van der Waals surface area contributed by atoms with E-state index in [0.29, 0.717) is 0 Å². The summed E-state index contributed by atoms with van der Waals surface area (Å²) in [5.41, 5.74) is 6.62. The van der Waals surface area contributed by atoms with Crippen molar-refractivity contribution in [2.45, 2.75) is 6.04 Å². The summed E-state index contributed by atoms with van der Waals surface area (Å²) < 4.78 is 1.94. The second kappa shape index (κ2) is 4.98. The van der Waals surface area contributed by atoms with Crippen molar-refractivity contribution >= 4 is 11.0 Å². The van der Waals surface area contributed by atoms with Crippen LogP contribution in [0.15, 0.2) is 73.6 Å². The maximum atomic E-state index is 4.37. The summed E-state index contributed by atoms with van der Waals surface area (Å²) in [4.78, 5) is 4.37. The molecule has 0 amide bonds. The van der Waals surface area contributed by atoms with E-state index in [1.54, 1.807) is 6.33 Å². The first-order valence-corrected chi connectivity index (χ1v) is 6.24. The minimum atomic E-state index is 0.0545. The first-order valence-electron chi connectivity index (χ1n) is 6.24. The molecule has 0 fully saturated rings. The Balaban J connectivity index is 1.93. The van der Waals surface area contributed by atoms with Gasteiger partial charge in [0.2, 0.25) is 0 Å². The Morgan fingerprint density at radius 2 is 1.79 bits per heavy atom. The fourth-order valence-electron chi connectivity index (χ4n) is 2.14. The van der Waals surface area contributed by atoms with Crippen LogP contribution < -0.4 is 5.43 Å². The average Bonchev–Trinajstić information content (AvgIpc) is 2.89. The van der Waals surface area contributed by atoms with E-state index >= 15 is 0 Å². The van der Waals surface area contributed by atoms with Gasteiger partial charge in [-0.05, 0) is 17.7 Å².